The van der Waals surface area contributed by atoms with E-state index in [9.17, 15) is 9.59 Å². The second kappa shape index (κ2) is 10.5. The number of anilines is 1. The van der Waals surface area contributed by atoms with E-state index < -0.39 is 0 Å². The molecule has 0 saturated heterocycles. The van der Waals surface area contributed by atoms with Crippen LogP contribution in [0.25, 0.3) is 23.1 Å². The first-order valence-electron chi connectivity index (χ1n) is 10.8. The molecule has 0 saturated carbocycles. The second-order valence-electron chi connectivity index (χ2n) is 7.90. The number of amides is 2. The Morgan fingerprint density at radius 1 is 1.18 bits per heavy atom. The summed E-state index contributed by atoms with van der Waals surface area (Å²) in [6, 6.07) is 15.1. The number of hydrogen-bond acceptors (Lipinski definition) is 5. The van der Waals surface area contributed by atoms with Gasteiger partial charge in [-0.3, -0.25) is 14.7 Å². The van der Waals surface area contributed by atoms with Crippen LogP contribution in [-0.4, -0.2) is 54.2 Å². The Kier molecular flexibility index (Phi) is 7.20. The summed E-state index contributed by atoms with van der Waals surface area (Å²) in [5.74, 6) is -0.349. The summed E-state index contributed by atoms with van der Waals surface area (Å²) in [6.45, 7) is 2.82. The van der Waals surface area contributed by atoms with Gasteiger partial charge in [0, 0.05) is 37.3 Å². The molecular weight excluding hydrogens is 448 g/mol. The summed E-state index contributed by atoms with van der Waals surface area (Å²) in [5.41, 5.74) is 4.46. The van der Waals surface area contributed by atoms with Crippen LogP contribution in [0.3, 0.4) is 0 Å². The highest BCUT2D eigenvalue weighted by Gasteiger charge is 2.16. The number of nitrogens with one attached hydrogen (secondary N) is 2. The minimum Gasteiger partial charge on any atom is -0.383 e. The highest BCUT2D eigenvalue weighted by Crippen LogP contribution is 2.25. The van der Waals surface area contributed by atoms with Gasteiger partial charge in [0.15, 0.2) is 0 Å². The zero-order chi connectivity index (χ0) is 24.1. The number of thiophene rings is 1. The van der Waals surface area contributed by atoms with Crippen LogP contribution in [-0.2, 0) is 4.74 Å². The molecule has 2 aromatic heterocycles. The molecule has 0 radical (unpaired) electrons. The molecule has 4 rings (SSSR count). The highest BCUT2D eigenvalue weighted by atomic mass is 32.1. The number of aromatic nitrogens is 2. The normalized spacial score (nSPS) is 11.3. The minimum atomic E-state index is -0.204. The molecule has 0 aliphatic carbocycles. The van der Waals surface area contributed by atoms with Gasteiger partial charge >= 0.3 is 0 Å². The van der Waals surface area contributed by atoms with E-state index in [4.69, 9.17) is 4.74 Å². The summed E-state index contributed by atoms with van der Waals surface area (Å²) < 4.78 is 5.08. The lowest BCUT2D eigenvalue weighted by Gasteiger charge is -2.18. The Hall–Kier alpha value is -3.75. The molecule has 0 aliphatic heterocycles. The Bertz CT molecular complexity index is 1360. The van der Waals surface area contributed by atoms with Crippen molar-refractivity contribution in [2.75, 3.05) is 32.6 Å². The maximum Gasteiger partial charge on any atom is 0.266 e. The molecule has 34 heavy (non-hydrogen) atoms. The maximum atomic E-state index is 13.0. The monoisotopic (exact) mass is 474 g/mol. The van der Waals surface area contributed by atoms with Crippen molar-refractivity contribution in [1.82, 2.24) is 15.1 Å². The fourth-order valence-electron chi connectivity index (χ4n) is 3.56. The molecule has 174 valence electrons. The molecule has 0 spiro atoms. The number of fused-ring (bicyclic) bond motifs is 1. The number of para-hydroxylation sites is 1. The number of aromatic amines is 1. The van der Waals surface area contributed by atoms with Crippen LogP contribution < -0.4 is 5.32 Å². The van der Waals surface area contributed by atoms with Gasteiger partial charge in [0.05, 0.1) is 22.7 Å². The van der Waals surface area contributed by atoms with Crippen LogP contribution in [0.2, 0.25) is 0 Å². The first-order valence-corrected chi connectivity index (χ1v) is 11.7. The van der Waals surface area contributed by atoms with Crippen LogP contribution in [0.15, 0.2) is 53.9 Å². The summed E-state index contributed by atoms with van der Waals surface area (Å²) in [5, 5.41) is 13.3. The summed E-state index contributed by atoms with van der Waals surface area (Å²) >= 11 is 1.39. The number of hydrogen-bond donors (Lipinski definition) is 2. The number of likely N-dealkylation sites (N-methyl/N-ethyl adjacent to an activating group) is 1. The second-order valence-corrected chi connectivity index (χ2v) is 8.81. The van der Waals surface area contributed by atoms with Gasteiger partial charge < -0.3 is 15.0 Å². The predicted molar refractivity (Wildman–Crippen MR) is 137 cm³/mol. The maximum absolute atomic E-state index is 13.0. The Labute approximate surface area is 202 Å². The third-order valence-corrected chi connectivity index (χ3v) is 6.53. The van der Waals surface area contributed by atoms with Crippen molar-refractivity contribution in [3.63, 3.8) is 0 Å². The molecule has 8 heteroatoms. The smallest absolute Gasteiger partial charge is 0.266 e. The molecule has 2 N–H and O–H groups in total. The van der Waals surface area contributed by atoms with Crippen molar-refractivity contribution in [2.45, 2.75) is 6.92 Å². The standard InChI is InChI=1S/C26H26N4O3S/c1-17-12-15-34-24(17)25(31)27-23-16-19(26(32)30(2)13-14-33-3)9-8-18(23)10-11-22-20-6-4-5-7-21(20)28-29-22/h4-12,15-16H,13-14H2,1-3H3,(H,27,31)(H,28,29). The average Bonchev–Trinajstić information content (AvgIpc) is 3.47. The number of benzene rings is 2. The van der Waals surface area contributed by atoms with Crippen LogP contribution in [0, 0.1) is 6.92 Å². The average molecular weight is 475 g/mol. The fourth-order valence-corrected chi connectivity index (χ4v) is 4.38. The van der Waals surface area contributed by atoms with Crippen molar-refractivity contribution >= 4 is 51.9 Å². The largest absolute Gasteiger partial charge is 0.383 e. The van der Waals surface area contributed by atoms with E-state index >= 15 is 0 Å². The predicted octanol–water partition coefficient (Wildman–Crippen LogP) is 5.07. The number of rotatable bonds is 8. The van der Waals surface area contributed by atoms with Crippen LogP contribution in [0.5, 0.6) is 0 Å². The molecule has 0 fully saturated rings. The van der Waals surface area contributed by atoms with Crippen LogP contribution in [0.4, 0.5) is 5.69 Å². The molecule has 0 atom stereocenters. The zero-order valence-electron chi connectivity index (χ0n) is 19.3. The molecule has 2 amide bonds. The van der Waals surface area contributed by atoms with Gasteiger partial charge in [-0.2, -0.15) is 5.10 Å². The van der Waals surface area contributed by atoms with Gasteiger partial charge in [0.1, 0.15) is 0 Å². The van der Waals surface area contributed by atoms with E-state index in [1.165, 1.54) is 11.3 Å². The number of H-pyrrole nitrogens is 1. The van der Waals surface area contributed by atoms with Crippen molar-refractivity contribution in [3.8, 4) is 0 Å². The van der Waals surface area contributed by atoms with E-state index in [-0.39, 0.29) is 11.8 Å². The number of aryl methyl sites for hydroxylation is 1. The number of carbonyl (C=O) groups is 2. The van der Waals surface area contributed by atoms with Gasteiger partial charge in [0.25, 0.3) is 11.8 Å². The number of nitrogens with zero attached hydrogens (tertiary/aromatic N) is 2. The van der Waals surface area contributed by atoms with Crippen LogP contribution >= 0.6 is 11.3 Å². The van der Waals surface area contributed by atoms with Crippen molar-refractivity contribution in [1.29, 1.82) is 0 Å². The lowest BCUT2D eigenvalue weighted by molar-refractivity contribution is 0.0744. The molecule has 0 unspecified atom stereocenters. The Morgan fingerprint density at radius 2 is 2.00 bits per heavy atom. The van der Waals surface area contributed by atoms with Gasteiger partial charge in [-0.25, -0.2) is 0 Å². The van der Waals surface area contributed by atoms with Gasteiger partial charge in [-0.1, -0.05) is 30.3 Å². The lowest BCUT2D eigenvalue weighted by atomic mass is 10.1. The van der Waals surface area contributed by atoms with E-state index in [0.717, 1.165) is 27.7 Å². The number of methoxy groups -OCH3 is 1. The lowest BCUT2D eigenvalue weighted by Crippen LogP contribution is -2.30. The first kappa shape index (κ1) is 23.4. The molecule has 2 aromatic carbocycles. The van der Waals surface area contributed by atoms with Gasteiger partial charge in [-0.15, -0.1) is 11.3 Å². The third kappa shape index (κ3) is 5.08. The van der Waals surface area contributed by atoms with Crippen molar-refractivity contribution < 1.29 is 14.3 Å². The van der Waals surface area contributed by atoms with E-state index in [1.807, 2.05) is 60.9 Å². The summed E-state index contributed by atoms with van der Waals surface area (Å²) in [7, 11) is 3.33. The SMILES string of the molecule is COCCN(C)C(=O)c1ccc(C=Cc2n[nH]c3ccccc23)c(NC(=O)c2sccc2C)c1. The summed E-state index contributed by atoms with van der Waals surface area (Å²) in [4.78, 5) is 28.1. The topological polar surface area (TPSA) is 87.3 Å². The highest BCUT2D eigenvalue weighted by molar-refractivity contribution is 7.12. The Morgan fingerprint density at radius 3 is 2.76 bits per heavy atom. The van der Waals surface area contributed by atoms with Gasteiger partial charge in [0.2, 0.25) is 0 Å². The van der Waals surface area contributed by atoms with Crippen molar-refractivity contribution in [3.05, 3.63) is 81.2 Å². The quantitative estimate of drug-likeness (QED) is 0.373. The van der Waals surface area contributed by atoms with Gasteiger partial charge in [-0.05, 0) is 53.8 Å². The molecule has 0 aliphatic rings. The minimum absolute atomic E-state index is 0.145. The zero-order valence-corrected chi connectivity index (χ0v) is 20.1. The molecule has 2 heterocycles. The van der Waals surface area contributed by atoms with E-state index in [1.54, 1.807) is 31.2 Å². The Balaban J connectivity index is 1.67. The number of ether oxygens (including phenoxy) is 1. The van der Waals surface area contributed by atoms with Crippen molar-refractivity contribution in [2.24, 2.45) is 0 Å². The molecule has 7 nitrogen and oxygen atoms in total. The molecule has 0 bridgehead atoms. The fraction of sp³-hybridized carbons (Fsp3) is 0.192. The van der Waals surface area contributed by atoms with E-state index in [0.29, 0.717) is 29.3 Å². The summed E-state index contributed by atoms with van der Waals surface area (Å²) in [6.07, 6.45) is 3.79. The molecular formula is C26H26N4O3S. The number of carbonyl (C=O) groups excluding carboxylic acids is 2. The van der Waals surface area contributed by atoms with Crippen LogP contribution in [0.1, 0.15) is 36.9 Å². The van der Waals surface area contributed by atoms with E-state index in [2.05, 4.69) is 15.5 Å². The molecule has 4 aromatic rings. The third-order valence-electron chi connectivity index (χ3n) is 5.51. The first-order chi connectivity index (χ1) is 16.5.